The van der Waals surface area contributed by atoms with Crippen LogP contribution in [0.5, 0.6) is 11.5 Å². The molecule has 2 rings (SSSR count). The van der Waals surface area contributed by atoms with Crippen LogP contribution in [0.2, 0.25) is 0 Å². The van der Waals surface area contributed by atoms with E-state index in [1.54, 1.807) is 24.3 Å². The van der Waals surface area contributed by atoms with Crippen molar-refractivity contribution in [1.82, 2.24) is 0 Å². The van der Waals surface area contributed by atoms with Gasteiger partial charge in [0.05, 0.1) is 19.3 Å². The summed E-state index contributed by atoms with van der Waals surface area (Å²) >= 11 is 0. The predicted octanol–water partition coefficient (Wildman–Crippen LogP) is 3.37. The maximum absolute atomic E-state index is 11.4. The molecule has 2 aromatic rings. The topological polar surface area (TPSA) is 61.8 Å². The highest BCUT2D eigenvalue weighted by atomic mass is 16.5. The van der Waals surface area contributed by atoms with Gasteiger partial charge in [-0.2, -0.15) is 0 Å². The second kappa shape index (κ2) is 8.10. The fourth-order valence-corrected chi connectivity index (χ4v) is 1.88. The average molecular weight is 314 g/mol. The third kappa shape index (κ3) is 5.23. The number of ether oxygens (including phenoxy) is 3. The number of carbonyl (C=O) groups excluding carboxylic acids is 2. The smallest absolute Gasteiger partial charge is 0.337 e. The number of Topliss-reactive ketones (excluding diaryl/α,β-unsaturated/α-hetero) is 1. The van der Waals surface area contributed by atoms with E-state index >= 15 is 0 Å². The number of carbonyl (C=O) groups is 2. The molecule has 0 N–H and O–H groups in total. The Labute approximate surface area is 134 Å². The van der Waals surface area contributed by atoms with E-state index in [1.807, 2.05) is 24.3 Å². The van der Waals surface area contributed by atoms with Crippen LogP contribution in [0.15, 0.2) is 48.5 Å². The molecule has 0 atom stereocenters. The van der Waals surface area contributed by atoms with Crippen molar-refractivity contribution in [2.75, 3.05) is 13.7 Å². The van der Waals surface area contributed by atoms with Crippen molar-refractivity contribution in [1.29, 1.82) is 0 Å². The highest BCUT2D eigenvalue weighted by Gasteiger charge is 2.05. The normalized spacial score (nSPS) is 10.2. The van der Waals surface area contributed by atoms with Crippen molar-refractivity contribution in [2.45, 2.75) is 13.5 Å². The zero-order valence-corrected chi connectivity index (χ0v) is 13.1. The minimum Gasteiger partial charge on any atom is -0.465 e. The first-order valence-electron chi connectivity index (χ1n) is 7.11. The number of benzene rings is 2. The first-order chi connectivity index (χ1) is 11.1. The molecule has 0 heterocycles. The maximum Gasteiger partial charge on any atom is 0.337 e. The van der Waals surface area contributed by atoms with Crippen molar-refractivity contribution in [3.05, 3.63) is 59.7 Å². The van der Waals surface area contributed by atoms with E-state index in [9.17, 15) is 9.59 Å². The van der Waals surface area contributed by atoms with Gasteiger partial charge in [-0.25, -0.2) is 4.79 Å². The van der Waals surface area contributed by atoms with E-state index in [0.29, 0.717) is 23.7 Å². The second-order valence-electron chi connectivity index (χ2n) is 4.96. The van der Waals surface area contributed by atoms with E-state index in [1.165, 1.54) is 14.0 Å². The Kier molecular flexibility index (Phi) is 5.88. The van der Waals surface area contributed by atoms with E-state index < -0.39 is 0 Å². The molecule has 0 fully saturated rings. The summed E-state index contributed by atoms with van der Waals surface area (Å²) in [5.74, 6) is 0.913. The summed E-state index contributed by atoms with van der Waals surface area (Å²) in [6.07, 6.45) is 0. The van der Waals surface area contributed by atoms with Crippen molar-refractivity contribution in [2.24, 2.45) is 0 Å². The number of hydrogen-bond acceptors (Lipinski definition) is 5. The van der Waals surface area contributed by atoms with Gasteiger partial charge < -0.3 is 14.2 Å². The van der Waals surface area contributed by atoms with Crippen LogP contribution in [-0.4, -0.2) is 25.5 Å². The SMILES string of the molecule is COC(=O)c1ccc(Oc2ccc(COCC(C)=O)cc2)cc1. The zero-order chi connectivity index (χ0) is 16.7. The molecule has 0 spiro atoms. The first kappa shape index (κ1) is 16.7. The van der Waals surface area contributed by atoms with Gasteiger partial charge in [0.1, 0.15) is 18.1 Å². The monoisotopic (exact) mass is 314 g/mol. The third-order valence-corrected chi connectivity index (χ3v) is 3.01. The van der Waals surface area contributed by atoms with Crippen molar-refractivity contribution in [3.8, 4) is 11.5 Å². The third-order valence-electron chi connectivity index (χ3n) is 3.01. The lowest BCUT2D eigenvalue weighted by Crippen LogP contribution is -2.03. The number of methoxy groups -OCH3 is 1. The van der Waals surface area contributed by atoms with Crippen LogP contribution in [0, 0.1) is 0 Å². The van der Waals surface area contributed by atoms with Crippen LogP contribution in [0.3, 0.4) is 0 Å². The summed E-state index contributed by atoms with van der Waals surface area (Å²) < 4.78 is 15.6. The summed E-state index contributed by atoms with van der Waals surface area (Å²) in [5.41, 5.74) is 1.43. The Hall–Kier alpha value is -2.66. The quantitative estimate of drug-likeness (QED) is 0.733. The van der Waals surface area contributed by atoms with Gasteiger partial charge in [0, 0.05) is 0 Å². The summed E-state index contributed by atoms with van der Waals surface area (Å²) in [6.45, 7) is 1.99. The molecule has 0 amide bonds. The molecule has 0 bridgehead atoms. The molecule has 0 aliphatic rings. The Morgan fingerprint density at radius 1 is 0.913 bits per heavy atom. The lowest BCUT2D eigenvalue weighted by Gasteiger charge is -2.08. The molecule has 0 saturated carbocycles. The van der Waals surface area contributed by atoms with E-state index in [-0.39, 0.29) is 18.4 Å². The van der Waals surface area contributed by atoms with Gasteiger partial charge in [-0.1, -0.05) is 12.1 Å². The molecule has 0 unspecified atom stereocenters. The molecule has 5 nitrogen and oxygen atoms in total. The van der Waals surface area contributed by atoms with Gasteiger partial charge in [0.25, 0.3) is 0 Å². The van der Waals surface area contributed by atoms with Gasteiger partial charge in [-0.15, -0.1) is 0 Å². The molecule has 120 valence electrons. The van der Waals surface area contributed by atoms with E-state index in [0.717, 1.165) is 5.56 Å². The van der Waals surface area contributed by atoms with Crippen LogP contribution < -0.4 is 4.74 Å². The molecule has 2 aromatic carbocycles. The number of rotatable bonds is 7. The van der Waals surface area contributed by atoms with E-state index in [4.69, 9.17) is 9.47 Å². The summed E-state index contributed by atoms with van der Waals surface area (Å²) in [5, 5.41) is 0. The first-order valence-corrected chi connectivity index (χ1v) is 7.11. The van der Waals surface area contributed by atoms with Gasteiger partial charge in [-0.05, 0) is 48.9 Å². The van der Waals surface area contributed by atoms with Gasteiger partial charge >= 0.3 is 5.97 Å². The molecular formula is C18H18O5. The van der Waals surface area contributed by atoms with Crippen molar-refractivity contribution >= 4 is 11.8 Å². The summed E-state index contributed by atoms with van der Waals surface area (Å²) in [6, 6.07) is 14.1. The van der Waals surface area contributed by atoms with Crippen molar-refractivity contribution in [3.63, 3.8) is 0 Å². The average Bonchev–Trinajstić information content (AvgIpc) is 2.56. The molecule has 0 saturated heterocycles. The standard InChI is InChI=1S/C18H18O5/c1-13(19)11-22-12-14-3-7-16(8-4-14)23-17-9-5-15(6-10-17)18(20)21-2/h3-10H,11-12H2,1-2H3. The number of esters is 1. The lowest BCUT2D eigenvalue weighted by atomic mass is 10.2. The molecule has 0 aliphatic carbocycles. The minimum absolute atomic E-state index is 0.000329. The van der Waals surface area contributed by atoms with Gasteiger partial charge in [0.15, 0.2) is 5.78 Å². The molecule has 5 heteroatoms. The molecular weight excluding hydrogens is 296 g/mol. The number of hydrogen-bond donors (Lipinski definition) is 0. The Morgan fingerprint density at radius 3 is 2.00 bits per heavy atom. The highest BCUT2D eigenvalue weighted by molar-refractivity contribution is 5.89. The van der Waals surface area contributed by atoms with E-state index in [2.05, 4.69) is 4.74 Å². The second-order valence-corrected chi connectivity index (χ2v) is 4.96. The van der Waals surface area contributed by atoms with Crippen LogP contribution in [0.1, 0.15) is 22.8 Å². The predicted molar refractivity (Wildman–Crippen MR) is 84.6 cm³/mol. The molecule has 0 aliphatic heterocycles. The summed E-state index contributed by atoms with van der Waals surface area (Å²) in [4.78, 5) is 22.2. The Balaban J connectivity index is 1.92. The Morgan fingerprint density at radius 2 is 1.48 bits per heavy atom. The summed E-state index contributed by atoms with van der Waals surface area (Å²) in [7, 11) is 1.34. The molecule has 0 aromatic heterocycles. The zero-order valence-electron chi connectivity index (χ0n) is 13.1. The van der Waals surface area contributed by atoms with Gasteiger partial charge in [-0.3, -0.25) is 4.79 Å². The maximum atomic E-state index is 11.4. The number of ketones is 1. The minimum atomic E-state index is -0.383. The fraction of sp³-hybridized carbons (Fsp3) is 0.222. The molecule has 23 heavy (non-hydrogen) atoms. The van der Waals surface area contributed by atoms with Crippen LogP contribution in [-0.2, 0) is 20.9 Å². The highest BCUT2D eigenvalue weighted by Crippen LogP contribution is 2.22. The van der Waals surface area contributed by atoms with Crippen LogP contribution in [0.25, 0.3) is 0 Å². The van der Waals surface area contributed by atoms with Crippen molar-refractivity contribution < 1.29 is 23.8 Å². The largest absolute Gasteiger partial charge is 0.465 e. The van der Waals surface area contributed by atoms with Crippen LogP contribution >= 0.6 is 0 Å². The van der Waals surface area contributed by atoms with Gasteiger partial charge in [0.2, 0.25) is 0 Å². The van der Waals surface area contributed by atoms with Crippen LogP contribution in [0.4, 0.5) is 0 Å². The Bertz CT molecular complexity index is 659. The lowest BCUT2D eigenvalue weighted by molar-refractivity contribution is -0.121. The molecule has 0 radical (unpaired) electrons. The fourth-order valence-electron chi connectivity index (χ4n) is 1.88.